The molecular formula is C51H49BN2Si. The summed E-state index contributed by atoms with van der Waals surface area (Å²) >= 11 is 0. The Bertz CT molecular complexity index is 2390. The number of benzene rings is 7. The fourth-order valence-electron chi connectivity index (χ4n) is 9.22. The summed E-state index contributed by atoms with van der Waals surface area (Å²) in [7, 11) is -1.81. The highest BCUT2D eigenvalue weighted by molar-refractivity contribution is 7.00. The first-order valence-corrected chi connectivity index (χ1v) is 23.2. The lowest BCUT2D eigenvalue weighted by atomic mass is 9.38. The molecule has 0 spiro atoms. The first kappa shape index (κ1) is 35.1. The zero-order valence-electron chi connectivity index (χ0n) is 32.3. The van der Waals surface area contributed by atoms with Crippen LogP contribution in [0.1, 0.15) is 36.8 Å². The topological polar surface area (TPSA) is 6.48 Å². The predicted molar refractivity (Wildman–Crippen MR) is 241 cm³/mol. The Morgan fingerprint density at radius 1 is 0.455 bits per heavy atom. The van der Waals surface area contributed by atoms with E-state index < -0.39 is 8.07 Å². The van der Waals surface area contributed by atoms with Crippen molar-refractivity contribution in [1.29, 1.82) is 0 Å². The van der Waals surface area contributed by atoms with Crippen LogP contribution in [0.15, 0.2) is 176 Å². The lowest BCUT2D eigenvalue weighted by molar-refractivity contribution is 0.860. The molecule has 0 N–H and O–H groups in total. The first-order valence-electron chi connectivity index (χ1n) is 20.2. The minimum absolute atomic E-state index is 0.607. The van der Waals surface area contributed by atoms with E-state index in [1.165, 1.54) is 92.2 Å². The summed E-state index contributed by atoms with van der Waals surface area (Å²) in [6.45, 7) is 7.93. The average Bonchev–Trinajstić information content (AvgIpc) is 3.91. The molecule has 2 aliphatic carbocycles. The molecule has 7 aromatic rings. The summed E-state index contributed by atoms with van der Waals surface area (Å²) in [5.41, 5.74) is 14.0. The molecule has 0 aromatic heterocycles. The maximum atomic E-state index is 2.45. The Hall–Kier alpha value is -5.58. The van der Waals surface area contributed by atoms with Crippen LogP contribution in [0.2, 0.25) is 25.7 Å². The molecule has 270 valence electrons. The number of hydrogen-bond donors (Lipinski definition) is 0. The fourth-order valence-corrected chi connectivity index (χ4v) is 11.6. The van der Waals surface area contributed by atoms with E-state index in [1.807, 2.05) is 0 Å². The minimum Gasteiger partial charge on any atom is -0.310 e. The monoisotopic (exact) mass is 728 g/mol. The van der Waals surface area contributed by atoms with E-state index in [-0.39, 0.29) is 0 Å². The van der Waals surface area contributed by atoms with Crippen molar-refractivity contribution in [2.75, 3.05) is 9.80 Å². The molecule has 7 aromatic carbocycles. The second-order valence-electron chi connectivity index (χ2n) is 16.2. The minimum atomic E-state index is -1.81. The lowest BCUT2D eigenvalue weighted by Crippen LogP contribution is -2.52. The third kappa shape index (κ3) is 6.85. The Morgan fingerprint density at radius 2 is 0.855 bits per heavy atom. The molecule has 0 heterocycles. The van der Waals surface area contributed by atoms with Crippen LogP contribution in [0, 0.1) is 0 Å². The van der Waals surface area contributed by atoms with Crippen LogP contribution in [0.3, 0.4) is 0 Å². The van der Waals surface area contributed by atoms with Gasteiger partial charge in [0.15, 0.2) is 6.71 Å². The van der Waals surface area contributed by atoms with Crippen molar-refractivity contribution in [3.8, 4) is 11.1 Å². The number of hydrogen-bond acceptors (Lipinski definition) is 2. The molecule has 2 aliphatic rings. The van der Waals surface area contributed by atoms with Crippen molar-refractivity contribution in [1.82, 2.24) is 0 Å². The van der Waals surface area contributed by atoms with Gasteiger partial charge in [0.25, 0.3) is 0 Å². The highest BCUT2D eigenvalue weighted by atomic mass is 28.3. The maximum Gasteiger partial charge on any atom is 0.175 e. The van der Waals surface area contributed by atoms with Crippen LogP contribution >= 0.6 is 0 Å². The normalized spacial score (nSPS) is 13.7. The number of fused-ring (bicyclic) bond motifs is 3. The van der Waals surface area contributed by atoms with Crippen molar-refractivity contribution in [3.63, 3.8) is 0 Å². The smallest absolute Gasteiger partial charge is 0.175 e. The van der Waals surface area contributed by atoms with Crippen LogP contribution in [0.5, 0.6) is 0 Å². The molecule has 9 rings (SSSR count). The molecule has 0 radical (unpaired) electrons. The van der Waals surface area contributed by atoms with Gasteiger partial charge in [0, 0.05) is 34.1 Å². The number of nitrogens with zero attached hydrogens (tertiary/aromatic N) is 2. The second-order valence-corrected chi connectivity index (χ2v) is 20.6. The summed E-state index contributed by atoms with van der Waals surface area (Å²) in [6, 6.07) is 65.5. The summed E-state index contributed by atoms with van der Waals surface area (Å²) in [4.78, 5) is 4.82. The third-order valence-corrected chi connectivity index (χ3v) is 16.1. The standard InChI is InChI=1S/C51H49BN2Si/c1-52(40-15-13-14-16-40)41-23-25-44(26-24-41)53(42-17-7-4-8-18-42)46-29-33-50-38(36-46)35-39-37-47(30-34-51(39)50)54(43-19-9-5-10-20-43)45-27-31-49(32-28-45)55(2,3)48-21-11-6-12-22-48/h4-12,17-34,36-37,40H,13-16,35H2,1-3H3. The van der Waals surface area contributed by atoms with E-state index >= 15 is 0 Å². The predicted octanol–water partition coefficient (Wildman–Crippen LogP) is 12.3. The van der Waals surface area contributed by atoms with Crippen LogP contribution in [0.25, 0.3) is 11.1 Å². The maximum absolute atomic E-state index is 2.45. The van der Waals surface area contributed by atoms with E-state index in [2.05, 4.69) is 206 Å². The van der Waals surface area contributed by atoms with Crippen molar-refractivity contribution < 1.29 is 0 Å². The van der Waals surface area contributed by atoms with Gasteiger partial charge < -0.3 is 9.80 Å². The molecule has 0 bridgehead atoms. The number of para-hydroxylation sites is 2. The SMILES string of the molecule is CB(c1ccc(N(c2ccccc2)c2ccc3c(c2)Cc2cc(N(c4ccccc4)c4ccc([Si](C)(C)c5ccccc5)cc4)ccc2-3)cc1)C1CCCC1. The molecular weight excluding hydrogens is 679 g/mol. The number of rotatable bonds is 10. The highest BCUT2D eigenvalue weighted by Gasteiger charge is 2.28. The molecule has 0 amide bonds. The van der Waals surface area contributed by atoms with Crippen LogP contribution in [-0.4, -0.2) is 14.8 Å². The van der Waals surface area contributed by atoms with Gasteiger partial charge in [0.05, 0.1) is 0 Å². The van der Waals surface area contributed by atoms with Gasteiger partial charge in [0.1, 0.15) is 8.07 Å². The molecule has 0 unspecified atom stereocenters. The van der Waals surface area contributed by atoms with Gasteiger partial charge in [-0.3, -0.25) is 0 Å². The summed E-state index contributed by atoms with van der Waals surface area (Å²) < 4.78 is 0. The van der Waals surface area contributed by atoms with Gasteiger partial charge in [0.2, 0.25) is 0 Å². The van der Waals surface area contributed by atoms with Crippen LogP contribution < -0.4 is 25.6 Å². The van der Waals surface area contributed by atoms with Gasteiger partial charge in [-0.2, -0.15) is 0 Å². The van der Waals surface area contributed by atoms with Gasteiger partial charge >= 0.3 is 0 Å². The van der Waals surface area contributed by atoms with Gasteiger partial charge in [-0.05, 0) is 101 Å². The summed E-state index contributed by atoms with van der Waals surface area (Å²) in [6.07, 6.45) is 6.40. The van der Waals surface area contributed by atoms with E-state index in [0.29, 0.717) is 6.71 Å². The quantitative estimate of drug-likeness (QED) is 0.129. The zero-order chi connectivity index (χ0) is 37.4. The van der Waals surface area contributed by atoms with Crippen molar-refractivity contribution in [2.45, 2.75) is 57.8 Å². The van der Waals surface area contributed by atoms with E-state index in [4.69, 9.17) is 0 Å². The van der Waals surface area contributed by atoms with Gasteiger partial charge in [-0.15, -0.1) is 0 Å². The van der Waals surface area contributed by atoms with Gasteiger partial charge in [-0.1, -0.05) is 170 Å². The van der Waals surface area contributed by atoms with Crippen molar-refractivity contribution in [3.05, 3.63) is 187 Å². The Kier molecular flexibility index (Phi) is 9.54. The van der Waals surface area contributed by atoms with Crippen molar-refractivity contribution >= 4 is 64.7 Å². The van der Waals surface area contributed by atoms with E-state index in [9.17, 15) is 0 Å². The molecule has 1 fully saturated rings. The number of anilines is 6. The largest absolute Gasteiger partial charge is 0.310 e. The molecule has 0 saturated heterocycles. The van der Waals surface area contributed by atoms with Crippen LogP contribution in [0.4, 0.5) is 34.1 Å². The lowest BCUT2D eigenvalue weighted by Gasteiger charge is -2.28. The zero-order valence-corrected chi connectivity index (χ0v) is 33.3. The molecule has 0 aliphatic heterocycles. The molecule has 4 heteroatoms. The van der Waals surface area contributed by atoms with Gasteiger partial charge in [-0.25, -0.2) is 0 Å². The third-order valence-electron chi connectivity index (χ3n) is 12.5. The Labute approximate surface area is 329 Å². The molecule has 1 saturated carbocycles. The molecule has 0 atom stereocenters. The fraction of sp³-hybridized carbons (Fsp3) is 0.176. The Balaban J connectivity index is 1.03. The molecule has 55 heavy (non-hydrogen) atoms. The first-order chi connectivity index (χ1) is 26.9. The average molecular weight is 729 g/mol. The summed E-state index contributed by atoms with van der Waals surface area (Å²) in [5.74, 6) is 0.814. The summed E-state index contributed by atoms with van der Waals surface area (Å²) in [5, 5.41) is 2.90. The van der Waals surface area contributed by atoms with E-state index in [0.717, 1.165) is 17.9 Å². The van der Waals surface area contributed by atoms with Crippen molar-refractivity contribution in [2.24, 2.45) is 0 Å². The highest BCUT2D eigenvalue weighted by Crippen LogP contribution is 2.44. The Morgan fingerprint density at radius 3 is 1.35 bits per heavy atom. The van der Waals surface area contributed by atoms with Crippen LogP contribution in [-0.2, 0) is 6.42 Å². The second kappa shape index (κ2) is 14.9. The molecule has 2 nitrogen and oxygen atoms in total. The van der Waals surface area contributed by atoms with E-state index in [1.54, 1.807) is 0 Å².